The van der Waals surface area contributed by atoms with Gasteiger partial charge in [0.25, 0.3) is 0 Å². The lowest BCUT2D eigenvalue weighted by Crippen LogP contribution is -2.02. The van der Waals surface area contributed by atoms with E-state index in [4.69, 9.17) is 9.84 Å². The fourth-order valence-electron chi connectivity index (χ4n) is 1.83. The first kappa shape index (κ1) is 10.3. The first-order valence-corrected chi connectivity index (χ1v) is 5.75. The van der Waals surface area contributed by atoms with Gasteiger partial charge >= 0.3 is 5.97 Å². The molecule has 3 nitrogen and oxygen atoms in total. The van der Waals surface area contributed by atoms with Crippen LogP contribution in [0, 0.1) is 5.82 Å². The summed E-state index contributed by atoms with van der Waals surface area (Å²) in [5.41, 5.74) is 1.43. The van der Waals surface area contributed by atoms with Gasteiger partial charge in [-0.15, -0.1) is 11.3 Å². The van der Waals surface area contributed by atoms with Crippen LogP contribution in [0.15, 0.2) is 24.3 Å². The first-order chi connectivity index (χ1) is 8.15. The van der Waals surface area contributed by atoms with Crippen LogP contribution in [0.2, 0.25) is 0 Å². The number of hydrogen-bond donors (Lipinski definition) is 1. The first-order valence-electron chi connectivity index (χ1n) is 4.94. The van der Waals surface area contributed by atoms with Gasteiger partial charge in [-0.25, -0.2) is 9.18 Å². The van der Waals surface area contributed by atoms with Crippen LogP contribution >= 0.6 is 11.3 Å². The van der Waals surface area contributed by atoms with E-state index >= 15 is 0 Å². The molecule has 1 aliphatic heterocycles. The number of benzene rings is 1. The van der Waals surface area contributed by atoms with Crippen molar-refractivity contribution in [2.75, 3.05) is 0 Å². The number of halogens is 1. The smallest absolute Gasteiger partial charge is 0.345 e. The number of carboxylic acid groups (broad SMARTS) is 1. The van der Waals surface area contributed by atoms with E-state index in [-0.39, 0.29) is 10.7 Å². The van der Waals surface area contributed by atoms with E-state index in [2.05, 4.69) is 0 Å². The predicted octanol–water partition coefficient (Wildman–Crippen LogP) is 3.14. The summed E-state index contributed by atoms with van der Waals surface area (Å²) in [5, 5.41) is 8.93. The highest BCUT2D eigenvalue weighted by molar-refractivity contribution is 7.17. The average molecular weight is 250 g/mol. The molecule has 0 aliphatic carbocycles. The molecule has 3 rings (SSSR count). The lowest BCUT2D eigenvalue weighted by atomic mass is 10.1. The van der Waals surface area contributed by atoms with Gasteiger partial charge in [0, 0.05) is 16.0 Å². The Morgan fingerprint density at radius 1 is 1.41 bits per heavy atom. The van der Waals surface area contributed by atoms with Crippen LogP contribution < -0.4 is 4.74 Å². The molecule has 0 unspecified atom stereocenters. The number of carboxylic acids is 1. The van der Waals surface area contributed by atoms with Crippen LogP contribution in [0.25, 0.3) is 10.4 Å². The van der Waals surface area contributed by atoms with Crippen LogP contribution in [-0.2, 0) is 6.61 Å². The molecule has 1 N–H and O–H groups in total. The summed E-state index contributed by atoms with van der Waals surface area (Å²) in [4.78, 5) is 11.9. The van der Waals surface area contributed by atoms with Crippen molar-refractivity contribution < 1.29 is 19.0 Å². The molecule has 86 valence electrons. The molecule has 0 fully saturated rings. The summed E-state index contributed by atoms with van der Waals surface area (Å²) in [5.74, 6) is -0.731. The molecule has 0 saturated heterocycles. The molecular weight excluding hydrogens is 243 g/mol. The van der Waals surface area contributed by atoms with Gasteiger partial charge < -0.3 is 9.84 Å². The predicted molar refractivity (Wildman–Crippen MR) is 61.0 cm³/mol. The molecule has 0 spiro atoms. The van der Waals surface area contributed by atoms with Gasteiger partial charge in [-0.2, -0.15) is 0 Å². The third-order valence-electron chi connectivity index (χ3n) is 2.59. The fourth-order valence-corrected chi connectivity index (χ4v) is 2.86. The van der Waals surface area contributed by atoms with Gasteiger partial charge in [-0.1, -0.05) is 0 Å². The monoisotopic (exact) mass is 250 g/mol. The Morgan fingerprint density at radius 2 is 2.24 bits per heavy atom. The Morgan fingerprint density at radius 3 is 3.00 bits per heavy atom. The summed E-state index contributed by atoms with van der Waals surface area (Å²) >= 11 is 1.15. The highest BCUT2D eigenvalue weighted by atomic mass is 32.1. The molecule has 0 atom stereocenters. The number of hydrogen-bond acceptors (Lipinski definition) is 3. The molecule has 17 heavy (non-hydrogen) atoms. The largest absolute Gasteiger partial charge is 0.488 e. The Bertz CT molecular complexity index is 618. The lowest BCUT2D eigenvalue weighted by Gasteiger charge is -2.17. The zero-order chi connectivity index (χ0) is 12.0. The minimum atomic E-state index is -0.970. The SMILES string of the molecule is O=C(O)c1cc2c(s1)-c1cc(F)ccc1OC2. The second kappa shape index (κ2) is 3.56. The Labute approximate surface area is 100 Å². The number of thiophene rings is 1. The van der Waals surface area contributed by atoms with E-state index in [1.54, 1.807) is 12.1 Å². The average Bonchev–Trinajstić information content (AvgIpc) is 2.73. The highest BCUT2D eigenvalue weighted by Crippen LogP contribution is 2.42. The van der Waals surface area contributed by atoms with Crippen molar-refractivity contribution in [1.29, 1.82) is 0 Å². The molecule has 0 bridgehead atoms. The molecular formula is C12H7FO3S. The van der Waals surface area contributed by atoms with Crippen molar-refractivity contribution in [3.05, 3.63) is 40.5 Å². The maximum atomic E-state index is 13.2. The number of aromatic carboxylic acids is 1. The molecule has 0 radical (unpaired) electrons. The minimum Gasteiger partial charge on any atom is -0.488 e. The summed E-state index contributed by atoms with van der Waals surface area (Å²) in [6.45, 7) is 0.331. The topological polar surface area (TPSA) is 46.5 Å². The fraction of sp³-hybridized carbons (Fsp3) is 0.0833. The van der Waals surface area contributed by atoms with Gasteiger partial charge in [-0.05, 0) is 24.3 Å². The molecule has 0 amide bonds. The normalized spacial score (nSPS) is 12.5. The molecule has 5 heteroatoms. The van der Waals surface area contributed by atoms with Crippen LogP contribution in [0.3, 0.4) is 0 Å². The zero-order valence-corrected chi connectivity index (χ0v) is 9.38. The number of rotatable bonds is 1. The molecule has 2 aromatic rings. The van der Waals surface area contributed by atoms with Crippen molar-refractivity contribution >= 4 is 17.3 Å². The maximum Gasteiger partial charge on any atom is 0.345 e. The van der Waals surface area contributed by atoms with E-state index in [0.29, 0.717) is 17.9 Å². The number of carbonyl (C=O) groups is 1. The maximum absolute atomic E-state index is 13.2. The molecule has 1 aromatic carbocycles. The number of ether oxygens (including phenoxy) is 1. The molecule has 1 aromatic heterocycles. The van der Waals surface area contributed by atoms with E-state index in [1.165, 1.54) is 12.1 Å². The standard InChI is InChI=1S/C12H7FO3S/c13-7-1-2-9-8(4-7)11-6(5-16-9)3-10(17-11)12(14)15/h1-4H,5H2,(H,14,15). The van der Waals surface area contributed by atoms with Gasteiger partial charge in [0.1, 0.15) is 23.1 Å². The third kappa shape index (κ3) is 1.59. The molecule has 2 heterocycles. The van der Waals surface area contributed by atoms with Gasteiger partial charge in [0.15, 0.2) is 0 Å². The zero-order valence-electron chi connectivity index (χ0n) is 8.57. The minimum absolute atomic E-state index is 0.246. The van der Waals surface area contributed by atoms with Crippen LogP contribution in [0.1, 0.15) is 15.2 Å². The van der Waals surface area contributed by atoms with Crippen molar-refractivity contribution in [2.45, 2.75) is 6.61 Å². The summed E-state index contributed by atoms with van der Waals surface area (Å²) in [6.07, 6.45) is 0. The Hall–Kier alpha value is -1.88. The van der Waals surface area contributed by atoms with E-state index in [0.717, 1.165) is 21.8 Å². The Balaban J connectivity index is 2.21. The summed E-state index contributed by atoms with van der Waals surface area (Å²) in [7, 11) is 0. The summed E-state index contributed by atoms with van der Waals surface area (Å²) < 4.78 is 18.6. The van der Waals surface area contributed by atoms with Gasteiger partial charge in [0.2, 0.25) is 0 Å². The van der Waals surface area contributed by atoms with Crippen molar-refractivity contribution in [1.82, 2.24) is 0 Å². The second-order valence-electron chi connectivity index (χ2n) is 3.70. The van der Waals surface area contributed by atoms with E-state index < -0.39 is 5.97 Å². The van der Waals surface area contributed by atoms with Crippen molar-refractivity contribution in [3.63, 3.8) is 0 Å². The molecule has 1 aliphatic rings. The molecule has 0 saturated carbocycles. The second-order valence-corrected chi connectivity index (χ2v) is 4.75. The van der Waals surface area contributed by atoms with Gasteiger partial charge in [-0.3, -0.25) is 0 Å². The highest BCUT2D eigenvalue weighted by Gasteiger charge is 2.22. The third-order valence-corrected chi connectivity index (χ3v) is 3.79. The van der Waals surface area contributed by atoms with Crippen molar-refractivity contribution in [2.24, 2.45) is 0 Å². The van der Waals surface area contributed by atoms with E-state index in [1.807, 2.05) is 0 Å². The lowest BCUT2D eigenvalue weighted by molar-refractivity contribution is 0.0702. The van der Waals surface area contributed by atoms with E-state index in [9.17, 15) is 9.18 Å². The summed E-state index contributed by atoms with van der Waals surface area (Å²) in [6, 6.07) is 5.84. The van der Waals surface area contributed by atoms with Crippen molar-refractivity contribution in [3.8, 4) is 16.2 Å². The van der Waals surface area contributed by atoms with Crippen LogP contribution in [-0.4, -0.2) is 11.1 Å². The van der Waals surface area contributed by atoms with Crippen LogP contribution in [0.5, 0.6) is 5.75 Å². The quantitative estimate of drug-likeness (QED) is 0.845. The Kier molecular flexibility index (Phi) is 2.16. The number of fused-ring (bicyclic) bond motifs is 3. The van der Waals surface area contributed by atoms with Crippen LogP contribution in [0.4, 0.5) is 4.39 Å². The van der Waals surface area contributed by atoms with Gasteiger partial charge in [0.05, 0.1) is 0 Å².